The molecule has 0 spiro atoms. The normalized spacial score (nSPS) is 10.9. The summed E-state index contributed by atoms with van der Waals surface area (Å²) in [5, 5.41) is 0.618. The minimum Gasteiger partial charge on any atom is -0.462 e. The zero-order valence-electron chi connectivity index (χ0n) is 10.8. The third kappa shape index (κ3) is 1.88. The first-order chi connectivity index (χ1) is 8.60. The standard InChI is InChI=1S/C14H16FNO2/c1-4-16-9(3)13(14(17)18-5-2)11-8-10(15)6-7-12(11)16/h6-8H,4-5H2,1-3H3. The molecule has 2 aromatic rings. The van der Waals surface area contributed by atoms with Crippen LogP contribution in [0.1, 0.15) is 29.9 Å². The van der Waals surface area contributed by atoms with Crippen LogP contribution in [-0.2, 0) is 11.3 Å². The average Bonchev–Trinajstić information content (AvgIpc) is 2.60. The van der Waals surface area contributed by atoms with Crippen LogP contribution in [0, 0.1) is 12.7 Å². The molecule has 0 unspecified atom stereocenters. The molecule has 4 heteroatoms. The van der Waals surface area contributed by atoms with Gasteiger partial charge in [-0.1, -0.05) is 0 Å². The first-order valence-electron chi connectivity index (χ1n) is 6.05. The molecule has 0 atom stereocenters. The number of hydrogen-bond donors (Lipinski definition) is 0. The van der Waals surface area contributed by atoms with E-state index in [0.717, 1.165) is 17.8 Å². The van der Waals surface area contributed by atoms with Gasteiger partial charge in [-0.3, -0.25) is 0 Å². The monoisotopic (exact) mass is 249 g/mol. The molecule has 0 aliphatic rings. The second-order valence-electron chi connectivity index (χ2n) is 4.09. The number of carbonyl (C=O) groups excluding carboxylic acids is 1. The maximum Gasteiger partial charge on any atom is 0.340 e. The zero-order valence-corrected chi connectivity index (χ0v) is 10.8. The summed E-state index contributed by atoms with van der Waals surface area (Å²) in [4.78, 5) is 12.0. The maximum atomic E-state index is 13.3. The second kappa shape index (κ2) is 4.80. The molecule has 0 aliphatic heterocycles. The number of halogens is 1. The van der Waals surface area contributed by atoms with Crippen LogP contribution in [0.2, 0.25) is 0 Å². The molecule has 18 heavy (non-hydrogen) atoms. The SMILES string of the molecule is CCOC(=O)c1c(C)n(CC)c2ccc(F)cc12. The summed E-state index contributed by atoms with van der Waals surface area (Å²) in [7, 11) is 0. The summed E-state index contributed by atoms with van der Waals surface area (Å²) in [6.45, 7) is 6.64. The molecule has 0 fully saturated rings. The van der Waals surface area contributed by atoms with Gasteiger partial charge in [0.05, 0.1) is 12.2 Å². The van der Waals surface area contributed by atoms with Crippen LogP contribution in [0.25, 0.3) is 10.9 Å². The lowest BCUT2D eigenvalue weighted by Crippen LogP contribution is -2.07. The van der Waals surface area contributed by atoms with Gasteiger partial charge in [0.2, 0.25) is 0 Å². The first kappa shape index (κ1) is 12.6. The Kier molecular flexibility index (Phi) is 3.36. The lowest BCUT2D eigenvalue weighted by atomic mass is 10.1. The molecule has 0 N–H and O–H groups in total. The van der Waals surface area contributed by atoms with Gasteiger partial charge >= 0.3 is 5.97 Å². The van der Waals surface area contributed by atoms with Crippen LogP contribution in [0.4, 0.5) is 4.39 Å². The highest BCUT2D eigenvalue weighted by molar-refractivity contribution is 6.05. The molecule has 2 rings (SSSR count). The molecule has 0 radical (unpaired) electrons. The van der Waals surface area contributed by atoms with Crippen LogP contribution < -0.4 is 0 Å². The molecule has 1 aromatic heterocycles. The topological polar surface area (TPSA) is 31.2 Å². The Morgan fingerprint density at radius 2 is 2.11 bits per heavy atom. The number of carbonyl (C=O) groups is 1. The smallest absolute Gasteiger partial charge is 0.340 e. The fourth-order valence-electron chi connectivity index (χ4n) is 2.32. The lowest BCUT2D eigenvalue weighted by Gasteiger charge is -2.04. The molecular weight excluding hydrogens is 233 g/mol. The van der Waals surface area contributed by atoms with Gasteiger partial charge in [-0.15, -0.1) is 0 Å². The second-order valence-corrected chi connectivity index (χ2v) is 4.09. The van der Waals surface area contributed by atoms with Gasteiger partial charge in [0.25, 0.3) is 0 Å². The Morgan fingerprint density at radius 1 is 1.39 bits per heavy atom. The Bertz CT molecular complexity index is 601. The molecule has 0 saturated heterocycles. The molecule has 0 saturated carbocycles. The van der Waals surface area contributed by atoms with Gasteiger partial charge in [-0.05, 0) is 39.0 Å². The number of benzene rings is 1. The van der Waals surface area contributed by atoms with E-state index in [1.807, 2.05) is 18.4 Å². The number of nitrogens with zero attached hydrogens (tertiary/aromatic N) is 1. The minimum absolute atomic E-state index is 0.312. The Hall–Kier alpha value is -1.84. The van der Waals surface area contributed by atoms with E-state index >= 15 is 0 Å². The van der Waals surface area contributed by atoms with Gasteiger partial charge in [-0.25, -0.2) is 9.18 Å². The van der Waals surface area contributed by atoms with E-state index in [0.29, 0.717) is 17.6 Å². The van der Waals surface area contributed by atoms with Crippen molar-refractivity contribution in [1.82, 2.24) is 4.57 Å². The van der Waals surface area contributed by atoms with Gasteiger partial charge in [0, 0.05) is 23.1 Å². The highest BCUT2D eigenvalue weighted by Crippen LogP contribution is 2.27. The summed E-state index contributed by atoms with van der Waals surface area (Å²) < 4.78 is 20.4. The fourth-order valence-corrected chi connectivity index (χ4v) is 2.32. The predicted octanol–water partition coefficient (Wildman–Crippen LogP) is 3.29. The number of rotatable bonds is 3. The minimum atomic E-state index is -0.391. The summed E-state index contributed by atoms with van der Waals surface area (Å²) in [5.41, 5.74) is 2.14. The number of hydrogen-bond acceptors (Lipinski definition) is 2. The van der Waals surface area contributed by atoms with Crippen LogP contribution in [0.15, 0.2) is 18.2 Å². The molecular formula is C14H16FNO2. The van der Waals surface area contributed by atoms with Crippen molar-refractivity contribution in [1.29, 1.82) is 0 Å². The van der Waals surface area contributed by atoms with Crippen molar-refractivity contribution in [3.05, 3.63) is 35.3 Å². The molecule has 96 valence electrons. The number of aromatic nitrogens is 1. The van der Waals surface area contributed by atoms with Crippen molar-refractivity contribution < 1.29 is 13.9 Å². The van der Waals surface area contributed by atoms with Crippen molar-refractivity contribution in [2.45, 2.75) is 27.3 Å². The zero-order chi connectivity index (χ0) is 13.3. The van der Waals surface area contributed by atoms with Gasteiger partial charge in [-0.2, -0.15) is 0 Å². The van der Waals surface area contributed by atoms with Crippen LogP contribution in [0.5, 0.6) is 0 Å². The Morgan fingerprint density at radius 3 is 2.72 bits per heavy atom. The van der Waals surface area contributed by atoms with Gasteiger partial charge < -0.3 is 9.30 Å². The van der Waals surface area contributed by atoms with Crippen molar-refractivity contribution in [3.8, 4) is 0 Å². The van der Waals surface area contributed by atoms with Crippen LogP contribution >= 0.6 is 0 Å². The Balaban J connectivity index is 2.74. The highest BCUT2D eigenvalue weighted by Gasteiger charge is 2.20. The number of ether oxygens (including phenoxy) is 1. The van der Waals surface area contributed by atoms with E-state index in [9.17, 15) is 9.18 Å². The summed E-state index contributed by atoms with van der Waals surface area (Å²) >= 11 is 0. The van der Waals surface area contributed by atoms with E-state index in [1.54, 1.807) is 13.0 Å². The van der Waals surface area contributed by atoms with E-state index in [2.05, 4.69) is 0 Å². The van der Waals surface area contributed by atoms with Crippen molar-refractivity contribution in [2.75, 3.05) is 6.61 Å². The van der Waals surface area contributed by atoms with Crippen molar-refractivity contribution in [2.24, 2.45) is 0 Å². The van der Waals surface area contributed by atoms with E-state index < -0.39 is 5.97 Å². The predicted molar refractivity (Wildman–Crippen MR) is 68.3 cm³/mol. The summed E-state index contributed by atoms with van der Waals surface area (Å²) in [5.74, 6) is -0.737. The summed E-state index contributed by atoms with van der Waals surface area (Å²) in [6, 6.07) is 4.49. The lowest BCUT2D eigenvalue weighted by molar-refractivity contribution is 0.0527. The van der Waals surface area contributed by atoms with Crippen LogP contribution in [0.3, 0.4) is 0 Å². The number of fused-ring (bicyclic) bond motifs is 1. The van der Waals surface area contributed by atoms with E-state index in [4.69, 9.17) is 4.74 Å². The maximum absolute atomic E-state index is 13.3. The molecule has 3 nitrogen and oxygen atoms in total. The third-order valence-corrected chi connectivity index (χ3v) is 3.08. The Labute approximate surface area is 105 Å². The number of aryl methyl sites for hydroxylation is 1. The molecule has 1 aromatic carbocycles. The van der Waals surface area contributed by atoms with Gasteiger partial charge in [0.15, 0.2) is 0 Å². The molecule has 0 amide bonds. The largest absolute Gasteiger partial charge is 0.462 e. The van der Waals surface area contributed by atoms with Crippen LogP contribution in [-0.4, -0.2) is 17.1 Å². The first-order valence-corrected chi connectivity index (χ1v) is 6.05. The molecule has 0 aliphatic carbocycles. The van der Waals surface area contributed by atoms with E-state index in [1.165, 1.54) is 12.1 Å². The highest BCUT2D eigenvalue weighted by atomic mass is 19.1. The quantitative estimate of drug-likeness (QED) is 0.782. The third-order valence-electron chi connectivity index (χ3n) is 3.08. The number of esters is 1. The molecule has 1 heterocycles. The van der Waals surface area contributed by atoms with Crippen molar-refractivity contribution in [3.63, 3.8) is 0 Å². The molecule has 0 bridgehead atoms. The average molecular weight is 249 g/mol. The summed E-state index contributed by atoms with van der Waals surface area (Å²) in [6.07, 6.45) is 0. The van der Waals surface area contributed by atoms with E-state index in [-0.39, 0.29) is 5.82 Å². The van der Waals surface area contributed by atoms with Crippen molar-refractivity contribution >= 4 is 16.9 Å². The van der Waals surface area contributed by atoms with Gasteiger partial charge in [0.1, 0.15) is 5.82 Å². The fraction of sp³-hybridized carbons (Fsp3) is 0.357.